The summed E-state index contributed by atoms with van der Waals surface area (Å²) in [5, 5.41) is 12.9. The minimum atomic E-state index is -3.85. The summed E-state index contributed by atoms with van der Waals surface area (Å²) in [4.78, 5) is 80.1. The maximum atomic E-state index is 14.7. The van der Waals surface area contributed by atoms with Gasteiger partial charge >= 0.3 is 6.09 Å². The summed E-state index contributed by atoms with van der Waals surface area (Å²) in [6.45, 7) is 20.3. The van der Waals surface area contributed by atoms with Crippen LogP contribution in [0.15, 0.2) is 83.3 Å². The van der Waals surface area contributed by atoms with Crippen LogP contribution in [0.2, 0.25) is 0 Å². The fraction of sp³-hybridized carbons (Fsp3) is 0.542. The Morgan fingerprint density at radius 2 is 1.44 bits per heavy atom. The maximum Gasteiger partial charge on any atom is 0.410 e. The zero-order valence-corrected chi connectivity index (χ0v) is 50.9. The fourth-order valence-electron chi connectivity index (χ4n) is 8.86. The van der Waals surface area contributed by atoms with Crippen molar-refractivity contribution in [3.05, 3.63) is 84.0 Å². The Morgan fingerprint density at radius 1 is 0.793 bits per heavy atom. The predicted octanol–water partition coefficient (Wildman–Crippen LogP) is 7.75. The summed E-state index contributed by atoms with van der Waals surface area (Å²) in [6.07, 6.45) is 1.65. The topological polar surface area (TPSA) is 255 Å². The first-order chi connectivity index (χ1) is 38.7. The van der Waals surface area contributed by atoms with Crippen LogP contribution in [-0.2, 0) is 52.7 Å². The average molecular weight is 1180 g/mol. The number of hydrogen-bond acceptors (Lipinski definition) is 17. The second kappa shape index (κ2) is 28.7. The van der Waals surface area contributed by atoms with Crippen molar-refractivity contribution in [2.75, 3.05) is 78.4 Å². The number of carbonyl (C=O) groups is 5. The van der Waals surface area contributed by atoms with Gasteiger partial charge in [-0.15, -0.1) is 11.3 Å². The first kappa shape index (κ1) is 64.7. The molecule has 2 aromatic heterocycles. The van der Waals surface area contributed by atoms with E-state index in [2.05, 4.69) is 31.2 Å². The fourth-order valence-corrected chi connectivity index (χ4v) is 10.8. The summed E-state index contributed by atoms with van der Waals surface area (Å²) >= 11 is 1.55. The third-order valence-electron chi connectivity index (χ3n) is 13.6. The molecule has 0 unspecified atom stereocenters. The van der Waals surface area contributed by atoms with E-state index in [1.54, 1.807) is 104 Å². The number of aromatic nitrogens is 2. The molecule has 82 heavy (non-hydrogen) atoms. The molecule has 0 saturated carbocycles. The Morgan fingerprint density at radius 3 is 2.06 bits per heavy atom. The molecule has 448 valence electrons. The molecule has 0 aliphatic carbocycles. The number of ether oxygens (including phenoxy) is 6. The van der Waals surface area contributed by atoms with Crippen molar-refractivity contribution in [1.29, 1.82) is 0 Å². The van der Waals surface area contributed by atoms with Gasteiger partial charge in [-0.25, -0.2) is 18.2 Å². The van der Waals surface area contributed by atoms with Gasteiger partial charge in [-0.05, 0) is 103 Å². The second-order valence-corrected chi connectivity index (χ2v) is 26.7. The number of sulfone groups is 1. The van der Waals surface area contributed by atoms with Gasteiger partial charge in [0.05, 0.1) is 78.3 Å². The number of nitrogens with zero attached hydrogens (tertiary/aromatic N) is 4. The van der Waals surface area contributed by atoms with E-state index >= 15 is 0 Å². The van der Waals surface area contributed by atoms with Gasteiger partial charge in [0, 0.05) is 48.7 Å². The molecule has 21 nitrogen and oxygen atoms in total. The van der Waals surface area contributed by atoms with Crippen LogP contribution in [-0.4, -0.2) is 165 Å². The van der Waals surface area contributed by atoms with Gasteiger partial charge in [0.2, 0.25) is 23.6 Å². The van der Waals surface area contributed by atoms with E-state index in [1.807, 2.05) is 55.5 Å². The molecule has 1 aliphatic rings. The number of nitrogens with one attached hydrogen (secondary N) is 4. The number of pyridine rings is 1. The van der Waals surface area contributed by atoms with Gasteiger partial charge < -0.3 is 54.6 Å². The van der Waals surface area contributed by atoms with Crippen LogP contribution in [0, 0.1) is 5.41 Å². The van der Waals surface area contributed by atoms with Gasteiger partial charge in [-0.1, -0.05) is 58.0 Å². The van der Waals surface area contributed by atoms with E-state index in [-0.39, 0.29) is 89.1 Å². The zero-order chi connectivity index (χ0) is 60.0. The van der Waals surface area contributed by atoms with E-state index in [9.17, 15) is 32.4 Å². The number of likely N-dealkylation sites (N-methyl/N-ethyl adjacent to an activating group) is 1. The van der Waals surface area contributed by atoms with Crippen LogP contribution in [0.1, 0.15) is 101 Å². The zero-order valence-electron chi connectivity index (χ0n) is 49.3. The SMILES string of the molecule is CC[C@@H](NC(=O)[C@@H]1C[C@H](NC(=O)COCCOCCOCCOCCOc2cc3nccc(Nc4ccc5scnc5c4)c3cc2S(=O)(=O)C(C)(C)C)CN1C(=O)[C@@H](NC(=O)[C@H](C)N(C)C(=O)OC(C)(C)C)C(C)(C)C)c1ccccc1. The van der Waals surface area contributed by atoms with Gasteiger partial charge in [-0.2, -0.15) is 0 Å². The lowest BCUT2D eigenvalue weighted by molar-refractivity contribution is -0.144. The first-order valence-corrected chi connectivity index (χ1v) is 30.0. The van der Waals surface area contributed by atoms with E-state index in [0.717, 1.165) is 26.4 Å². The van der Waals surface area contributed by atoms with Crippen LogP contribution in [0.4, 0.5) is 16.2 Å². The number of carbonyl (C=O) groups excluding carboxylic acids is 5. The van der Waals surface area contributed by atoms with Gasteiger partial charge in [0.1, 0.15) is 47.6 Å². The van der Waals surface area contributed by atoms with E-state index in [4.69, 9.17) is 28.4 Å². The molecule has 1 fully saturated rings. The number of hydrogen-bond donors (Lipinski definition) is 4. The number of benzene rings is 3. The normalized spacial score (nSPS) is 16.1. The van der Waals surface area contributed by atoms with E-state index in [1.165, 1.54) is 18.9 Å². The van der Waals surface area contributed by atoms with Gasteiger partial charge in [0.25, 0.3) is 0 Å². The molecular formula is C59H82N8O13S2. The molecule has 5 aromatic rings. The Hall–Kier alpha value is -6.50. The number of thiazole rings is 1. The largest absolute Gasteiger partial charge is 0.490 e. The Balaban J connectivity index is 0.928. The van der Waals surface area contributed by atoms with Crippen molar-refractivity contribution in [2.45, 2.75) is 134 Å². The Bertz CT molecular complexity index is 3090. The number of likely N-dealkylation sites (tertiary alicyclic amines) is 1. The van der Waals surface area contributed by atoms with Gasteiger partial charge in [-0.3, -0.25) is 29.1 Å². The number of anilines is 2. The van der Waals surface area contributed by atoms with Crippen LogP contribution in [0.5, 0.6) is 5.75 Å². The smallest absolute Gasteiger partial charge is 0.410 e. The number of rotatable bonds is 27. The molecule has 0 bridgehead atoms. The van der Waals surface area contributed by atoms with Crippen molar-refractivity contribution in [3.63, 3.8) is 0 Å². The molecule has 6 rings (SSSR count). The summed E-state index contributed by atoms with van der Waals surface area (Å²) in [5.41, 5.74) is 3.97. The summed E-state index contributed by atoms with van der Waals surface area (Å²) < 4.78 is 61.9. The first-order valence-electron chi connectivity index (χ1n) is 27.6. The van der Waals surface area contributed by atoms with Crippen LogP contribution >= 0.6 is 11.3 Å². The third kappa shape index (κ3) is 17.8. The van der Waals surface area contributed by atoms with Crippen molar-refractivity contribution in [3.8, 4) is 5.75 Å². The van der Waals surface area contributed by atoms with E-state index < -0.39 is 79.5 Å². The predicted molar refractivity (Wildman–Crippen MR) is 315 cm³/mol. The lowest BCUT2D eigenvalue weighted by Crippen LogP contribution is -2.60. The number of amides is 5. The quantitative estimate of drug-likeness (QED) is 0.0367. The van der Waals surface area contributed by atoms with Crippen molar-refractivity contribution < 1.29 is 60.8 Å². The molecule has 4 N–H and O–H groups in total. The molecule has 5 amide bonds. The highest BCUT2D eigenvalue weighted by molar-refractivity contribution is 7.92. The third-order valence-corrected chi connectivity index (χ3v) is 16.9. The van der Waals surface area contributed by atoms with E-state index in [0.29, 0.717) is 23.0 Å². The molecule has 3 aromatic carbocycles. The Labute approximate surface area is 485 Å². The highest BCUT2D eigenvalue weighted by Crippen LogP contribution is 2.38. The molecule has 1 aliphatic heterocycles. The maximum absolute atomic E-state index is 14.7. The minimum Gasteiger partial charge on any atom is -0.490 e. The lowest BCUT2D eigenvalue weighted by Gasteiger charge is -2.37. The molecule has 23 heteroatoms. The van der Waals surface area contributed by atoms with Crippen LogP contribution < -0.4 is 26.0 Å². The molecule has 3 heterocycles. The van der Waals surface area contributed by atoms with Crippen LogP contribution in [0.25, 0.3) is 21.1 Å². The molecule has 1 saturated heterocycles. The van der Waals surface area contributed by atoms with Crippen molar-refractivity contribution in [1.82, 2.24) is 35.7 Å². The molecule has 0 radical (unpaired) electrons. The Kier molecular flexibility index (Phi) is 22.6. The summed E-state index contributed by atoms with van der Waals surface area (Å²) in [6, 6.07) is 16.4. The van der Waals surface area contributed by atoms with Crippen LogP contribution in [0.3, 0.4) is 0 Å². The summed E-state index contributed by atoms with van der Waals surface area (Å²) in [5.74, 6) is -1.77. The summed E-state index contributed by atoms with van der Waals surface area (Å²) in [7, 11) is -2.40. The average Bonchev–Trinajstić information content (AvgIpc) is 2.67. The second-order valence-electron chi connectivity index (χ2n) is 23.1. The van der Waals surface area contributed by atoms with Gasteiger partial charge in [0.15, 0.2) is 9.84 Å². The molecule has 5 atom stereocenters. The highest BCUT2D eigenvalue weighted by Gasteiger charge is 2.46. The minimum absolute atomic E-state index is 0.0102. The monoisotopic (exact) mass is 1170 g/mol. The lowest BCUT2D eigenvalue weighted by atomic mass is 9.85. The van der Waals surface area contributed by atoms with Crippen molar-refractivity contribution in [2.24, 2.45) is 5.41 Å². The number of fused-ring (bicyclic) bond motifs is 2. The standard InChI is InChI=1S/C59H82N8O13S2/c1-13-43(39-17-15-14-16-18-39)64-54(70)47-32-41(35-67(47)55(71)52(57(3,4)5)65-53(69)38(2)66(12)56(72)80-58(6,7)8)63-51(68)36-78-28-27-76-24-23-75-25-26-77-29-30-79-48-34-45-42(33-50(48)82(73,74)59(9,10)11)44(21-22-60-45)62-40-19-20-49-46(31-40)61-37-81-49/h14-22,31,33-34,37-38,41,43,47,52H,13,23-30,32,35-36H2,1-12H3,(H,60,62)(H,63,68)(H,64,70)(H,65,69)/t38-,41-,43+,47-,52+/m0/s1. The molecule has 0 spiro atoms. The molecular weight excluding hydrogens is 1090 g/mol. The van der Waals surface area contributed by atoms with Crippen molar-refractivity contribution >= 4 is 83.4 Å². The highest BCUT2D eigenvalue weighted by atomic mass is 32.2.